The van der Waals surface area contributed by atoms with Gasteiger partial charge in [0.15, 0.2) is 0 Å². The van der Waals surface area contributed by atoms with Gasteiger partial charge >= 0.3 is 0 Å². The summed E-state index contributed by atoms with van der Waals surface area (Å²) in [5, 5.41) is 8.56. The first-order chi connectivity index (χ1) is 12.1. The van der Waals surface area contributed by atoms with Gasteiger partial charge in [-0.15, -0.1) is 0 Å². The molecule has 0 spiro atoms. The second-order valence-electron chi connectivity index (χ2n) is 5.37. The fourth-order valence-electron chi connectivity index (χ4n) is 2.39. The number of nitrogen functional groups attached to an aromatic ring is 1. The van der Waals surface area contributed by atoms with Crippen molar-refractivity contribution in [3.8, 4) is 0 Å². The number of hydrogen-bond donors (Lipinski definition) is 2. The summed E-state index contributed by atoms with van der Waals surface area (Å²) < 4.78 is 5.90. The van der Waals surface area contributed by atoms with E-state index in [-0.39, 0.29) is 16.7 Å². The second-order valence-corrected chi connectivity index (χ2v) is 5.72. The third-order valence-corrected chi connectivity index (χ3v) is 3.94. The molecule has 0 saturated carbocycles. The van der Waals surface area contributed by atoms with E-state index in [1.165, 1.54) is 6.33 Å². The Morgan fingerprint density at radius 2 is 1.84 bits per heavy atom. The molecule has 0 aliphatic heterocycles. The van der Waals surface area contributed by atoms with Crippen LogP contribution in [0.3, 0.4) is 0 Å². The van der Waals surface area contributed by atoms with Gasteiger partial charge < -0.3 is 10.5 Å². The molecule has 2 aliphatic carbocycles. The molecule has 0 bridgehead atoms. The Labute approximate surface area is 151 Å². The molecule has 3 rings (SSSR count). The molecule has 0 amide bonds. The van der Waals surface area contributed by atoms with E-state index in [0.717, 1.165) is 17.9 Å². The fraction of sp³-hybridized carbons (Fsp3) is 0.105. The molecule has 0 saturated heterocycles. The van der Waals surface area contributed by atoms with Crippen LogP contribution in [0.1, 0.15) is 18.4 Å². The van der Waals surface area contributed by atoms with Crippen LogP contribution in [-0.2, 0) is 4.74 Å². The van der Waals surface area contributed by atoms with Gasteiger partial charge in [-0.25, -0.2) is 9.97 Å². The van der Waals surface area contributed by atoms with E-state index in [1.54, 1.807) is 0 Å². The van der Waals surface area contributed by atoms with Gasteiger partial charge in [-0.2, -0.15) is 0 Å². The Balaban J connectivity index is 1.76. The van der Waals surface area contributed by atoms with Gasteiger partial charge in [0.2, 0.25) is 0 Å². The molecule has 0 atom stereocenters. The molecule has 6 heteroatoms. The molecule has 1 aromatic rings. The largest absolute Gasteiger partial charge is 0.458 e. The zero-order valence-electron chi connectivity index (χ0n) is 13.4. The first kappa shape index (κ1) is 16.9. The van der Waals surface area contributed by atoms with Crippen LogP contribution in [0.5, 0.6) is 0 Å². The lowest BCUT2D eigenvalue weighted by Gasteiger charge is -2.08. The van der Waals surface area contributed by atoms with Crippen LogP contribution in [0.2, 0.25) is 5.15 Å². The second kappa shape index (κ2) is 7.77. The van der Waals surface area contributed by atoms with E-state index in [9.17, 15) is 0 Å². The van der Waals surface area contributed by atoms with E-state index in [1.807, 2.05) is 48.6 Å². The monoisotopic (exact) mass is 352 g/mol. The van der Waals surface area contributed by atoms with Crippen molar-refractivity contribution in [3.05, 3.63) is 88.8 Å². The first-order valence-corrected chi connectivity index (χ1v) is 8.18. The molecule has 1 heterocycles. The van der Waals surface area contributed by atoms with Gasteiger partial charge in [0.05, 0.1) is 11.3 Å². The molecule has 0 aromatic carbocycles. The van der Waals surface area contributed by atoms with Crippen molar-refractivity contribution in [2.24, 2.45) is 0 Å². The summed E-state index contributed by atoms with van der Waals surface area (Å²) in [6.45, 7) is 0. The number of hydrogen-bond acceptors (Lipinski definition) is 5. The van der Waals surface area contributed by atoms with E-state index in [2.05, 4.69) is 16.0 Å². The van der Waals surface area contributed by atoms with Crippen molar-refractivity contribution in [1.82, 2.24) is 9.97 Å². The first-order valence-electron chi connectivity index (χ1n) is 7.80. The van der Waals surface area contributed by atoms with Crippen molar-refractivity contribution in [2.45, 2.75) is 12.8 Å². The zero-order valence-corrected chi connectivity index (χ0v) is 14.2. The molecule has 0 radical (unpaired) electrons. The highest BCUT2D eigenvalue weighted by molar-refractivity contribution is 6.35. The molecule has 2 aliphatic rings. The minimum absolute atomic E-state index is 0.168. The Morgan fingerprint density at radius 1 is 1.04 bits per heavy atom. The van der Waals surface area contributed by atoms with Crippen molar-refractivity contribution >= 4 is 23.1 Å². The predicted octanol–water partition coefficient (Wildman–Crippen LogP) is 4.27. The number of nitrogens with two attached hydrogens (primary N) is 1. The lowest BCUT2D eigenvalue weighted by Crippen LogP contribution is -2.09. The average molecular weight is 353 g/mol. The number of nitrogens with zero attached hydrogens (tertiary/aromatic N) is 2. The van der Waals surface area contributed by atoms with Crippen LogP contribution >= 0.6 is 11.6 Å². The minimum atomic E-state index is 0.168. The summed E-state index contributed by atoms with van der Waals surface area (Å²) >= 11 is 6.08. The van der Waals surface area contributed by atoms with Crippen molar-refractivity contribution in [1.29, 1.82) is 5.41 Å². The van der Waals surface area contributed by atoms with Gasteiger partial charge in [-0.1, -0.05) is 35.9 Å². The zero-order chi connectivity index (χ0) is 17.6. The molecule has 0 fully saturated rings. The number of anilines is 1. The maximum absolute atomic E-state index is 8.39. The number of nitrogens with one attached hydrogen (secondary N) is 1. The van der Waals surface area contributed by atoms with E-state index < -0.39 is 0 Å². The average Bonchev–Trinajstić information content (AvgIpc) is 2.98. The smallest absolute Gasteiger partial charge is 0.143 e. The van der Waals surface area contributed by atoms with Gasteiger partial charge in [-0.3, -0.25) is 5.41 Å². The van der Waals surface area contributed by atoms with E-state index in [4.69, 9.17) is 27.5 Å². The molecule has 3 N–H and O–H groups in total. The van der Waals surface area contributed by atoms with Crippen molar-refractivity contribution < 1.29 is 4.74 Å². The standard InChI is InChI=1S/C19H17ClN4O/c20-18-16(19(22)24-12-23-18)17(21)13-6-5-9-15(11-10-13)25-14-7-3-1-2-4-8-14/h1-3,6-12,21H,4-5H2,(H2,22,23,24). The number of halogens is 1. The molecule has 126 valence electrons. The topological polar surface area (TPSA) is 84.9 Å². The Morgan fingerprint density at radius 3 is 2.68 bits per heavy atom. The van der Waals surface area contributed by atoms with Gasteiger partial charge in [0.25, 0.3) is 0 Å². The van der Waals surface area contributed by atoms with E-state index >= 15 is 0 Å². The normalized spacial score (nSPS) is 16.4. The minimum Gasteiger partial charge on any atom is -0.458 e. The van der Waals surface area contributed by atoms with Crippen LogP contribution in [0.25, 0.3) is 0 Å². The summed E-state index contributed by atoms with van der Waals surface area (Å²) in [4.78, 5) is 7.82. The lowest BCUT2D eigenvalue weighted by atomic mass is 10.0. The van der Waals surface area contributed by atoms with Gasteiger partial charge in [0, 0.05) is 0 Å². The van der Waals surface area contributed by atoms with E-state index in [0.29, 0.717) is 17.6 Å². The number of rotatable bonds is 4. The van der Waals surface area contributed by atoms with Gasteiger partial charge in [0.1, 0.15) is 28.8 Å². The van der Waals surface area contributed by atoms with Crippen LogP contribution < -0.4 is 5.73 Å². The highest BCUT2D eigenvalue weighted by Crippen LogP contribution is 2.24. The Hall–Kier alpha value is -2.92. The predicted molar refractivity (Wildman–Crippen MR) is 100 cm³/mol. The number of allylic oxidation sites excluding steroid dienone is 10. The highest BCUT2D eigenvalue weighted by atomic mass is 35.5. The Kier molecular flexibility index (Phi) is 5.26. The molecule has 1 aromatic heterocycles. The molecule has 0 unspecified atom stereocenters. The maximum Gasteiger partial charge on any atom is 0.143 e. The van der Waals surface area contributed by atoms with Crippen LogP contribution in [0.15, 0.2) is 78.1 Å². The van der Waals surface area contributed by atoms with Crippen LogP contribution in [0.4, 0.5) is 5.82 Å². The van der Waals surface area contributed by atoms with Crippen LogP contribution in [-0.4, -0.2) is 15.7 Å². The quantitative estimate of drug-likeness (QED) is 0.626. The third-order valence-electron chi connectivity index (χ3n) is 3.65. The fourth-order valence-corrected chi connectivity index (χ4v) is 2.63. The van der Waals surface area contributed by atoms with Crippen LogP contribution in [0, 0.1) is 5.41 Å². The molecule has 25 heavy (non-hydrogen) atoms. The summed E-state index contributed by atoms with van der Waals surface area (Å²) in [6, 6.07) is 0. The lowest BCUT2D eigenvalue weighted by molar-refractivity contribution is 0.334. The number of ether oxygens (including phenoxy) is 1. The molecular weight excluding hydrogens is 336 g/mol. The SMILES string of the molecule is N=C(C1=CCC=C(OC2=CCC=CC=C2)C=C1)c1c(N)ncnc1Cl. The summed E-state index contributed by atoms with van der Waals surface area (Å²) in [6.07, 6.45) is 20.2. The molecule has 5 nitrogen and oxygen atoms in total. The molecular formula is C19H17ClN4O. The maximum atomic E-state index is 8.39. The Bertz CT molecular complexity index is 855. The van der Waals surface area contributed by atoms with Crippen molar-refractivity contribution in [3.63, 3.8) is 0 Å². The van der Waals surface area contributed by atoms with Crippen molar-refractivity contribution in [2.75, 3.05) is 5.73 Å². The third kappa shape index (κ3) is 4.14. The highest BCUT2D eigenvalue weighted by Gasteiger charge is 2.16. The summed E-state index contributed by atoms with van der Waals surface area (Å²) in [5.74, 6) is 1.71. The summed E-state index contributed by atoms with van der Waals surface area (Å²) in [5.41, 5.74) is 7.06. The number of aromatic nitrogens is 2. The summed E-state index contributed by atoms with van der Waals surface area (Å²) in [7, 11) is 0. The van der Waals surface area contributed by atoms with Gasteiger partial charge in [-0.05, 0) is 48.8 Å².